The number of thiocarbonyl (C=S) groups is 1. The number of rotatable bonds is 1. The van der Waals surface area contributed by atoms with Crippen molar-refractivity contribution in [1.82, 2.24) is 9.55 Å². The number of imidazole rings is 1. The minimum absolute atomic E-state index is 0.693. The summed E-state index contributed by atoms with van der Waals surface area (Å²) < 4.78 is 2.22. The second-order valence-electron chi connectivity index (χ2n) is 5.50. The Labute approximate surface area is 134 Å². The van der Waals surface area contributed by atoms with Crippen molar-refractivity contribution >= 4 is 40.0 Å². The highest BCUT2D eigenvalue weighted by Gasteiger charge is 2.26. The molecule has 4 rings (SSSR count). The van der Waals surface area contributed by atoms with Gasteiger partial charge < -0.3 is 9.88 Å². The summed E-state index contributed by atoms with van der Waals surface area (Å²) in [7, 11) is 0. The zero-order chi connectivity index (χ0) is 15.1. The fourth-order valence-electron chi connectivity index (χ4n) is 2.81. The van der Waals surface area contributed by atoms with E-state index in [1.54, 1.807) is 0 Å². The summed E-state index contributed by atoms with van der Waals surface area (Å²) in [5, 5.41) is 3.99. The van der Waals surface area contributed by atoms with Crippen molar-refractivity contribution in [3.63, 3.8) is 0 Å². The second kappa shape index (κ2) is 5.10. The first kappa shape index (κ1) is 13.3. The van der Waals surface area contributed by atoms with Crippen molar-refractivity contribution in [1.29, 1.82) is 0 Å². The molecule has 0 saturated carbocycles. The molecule has 0 spiro atoms. The minimum Gasteiger partial charge on any atom is -0.332 e. The van der Waals surface area contributed by atoms with Crippen LogP contribution < -0.4 is 10.2 Å². The third-order valence-corrected chi connectivity index (χ3v) is 4.29. The molecule has 1 aliphatic heterocycles. The van der Waals surface area contributed by atoms with Crippen LogP contribution in [0.2, 0.25) is 0 Å². The first-order valence-corrected chi connectivity index (χ1v) is 7.74. The molecule has 3 aromatic rings. The monoisotopic (exact) mass is 308 g/mol. The van der Waals surface area contributed by atoms with E-state index in [0.717, 1.165) is 35.8 Å². The van der Waals surface area contributed by atoms with Gasteiger partial charge in [-0.3, -0.25) is 4.90 Å². The second-order valence-corrected chi connectivity index (χ2v) is 5.89. The van der Waals surface area contributed by atoms with Crippen LogP contribution >= 0.6 is 12.2 Å². The Kier molecular flexibility index (Phi) is 3.08. The molecule has 0 aliphatic carbocycles. The van der Waals surface area contributed by atoms with E-state index < -0.39 is 0 Å². The molecule has 0 atom stereocenters. The van der Waals surface area contributed by atoms with Crippen molar-refractivity contribution < 1.29 is 0 Å². The standard InChI is InChI=1S/C17H16N4S/c1-12-6-8-13(9-7-12)18-17(22)21-11-10-20-15-5-3-2-4-14(15)19-16(20)21/h2-9H,10-11H2,1H3,(H,18,22). The maximum absolute atomic E-state index is 5.57. The lowest BCUT2D eigenvalue weighted by Gasteiger charge is -2.18. The molecule has 1 aliphatic rings. The molecular weight excluding hydrogens is 292 g/mol. The smallest absolute Gasteiger partial charge is 0.213 e. The summed E-state index contributed by atoms with van der Waals surface area (Å²) in [5.41, 5.74) is 4.42. The fraction of sp³-hybridized carbons (Fsp3) is 0.176. The van der Waals surface area contributed by atoms with Gasteiger partial charge in [0, 0.05) is 18.8 Å². The van der Waals surface area contributed by atoms with Gasteiger partial charge >= 0.3 is 0 Å². The van der Waals surface area contributed by atoms with Crippen molar-refractivity contribution in [3.05, 3.63) is 54.1 Å². The SMILES string of the molecule is Cc1ccc(NC(=S)N2CCn3c2nc2ccccc23)cc1. The first-order valence-electron chi connectivity index (χ1n) is 7.33. The van der Waals surface area contributed by atoms with Crippen molar-refractivity contribution in [2.24, 2.45) is 0 Å². The molecule has 0 amide bonds. The average Bonchev–Trinajstić information content (AvgIpc) is 3.08. The molecular formula is C17H16N4S. The fourth-order valence-corrected chi connectivity index (χ4v) is 3.10. The number of aryl methyl sites for hydroxylation is 1. The van der Waals surface area contributed by atoms with Gasteiger partial charge in [0.2, 0.25) is 5.95 Å². The van der Waals surface area contributed by atoms with Gasteiger partial charge in [-0.15, -0.1) is 0 Å². The average molecular weight is 308 g/mol. The summed E-state index contributed by atoms with van der Waals surface area (Å²) in [6.07, 6.45) is 0. The van der Waals surface area contributed by atoms with Crippen LogP contribution in [0, 0.1) is 6.92 Å². The van der Waals surface area contributed by atoms with E-state index in [-0.39, 0.29) is 0 Å². The highest BCUT2D eigenvalue weighted by Crippen LogP contribution is 2.27. The van der Waals surface area contributed by atoms with E-state index >= 15 is 0 Å². The van der Waals surface area contributed by atoms with E-state index in [1.807, 2.05) is 30.3 Å². The number of aromatic nitrogens is 2. The maximum Gasteiger partial charge on any atom is 0.213 e. The van der Waals surface area contributed by atoms with Crippen LogP contribution in [0.4, 0.5) is 11.6 Å². The van der Waals surface area contributed by atoms with Crippen LogP contribution in [0.1, 0.15) is 5.56 Å². The Morgan fingerprint density at radius 1 is 1.09 bits per heavy atom. The Balaban J connectivity index is 1.62. The Morgan fingerprint density at radius 2 is 1.86 bits per heavy atom. The molecule has 0 radical (unpaired) electrons. The van der Waals surface area contributed by atoms with Crippen LogP contribution in [0.15, 0.2) is 48.5 Å². The maximum atomic E-state index is 5.57. The number of hydrogen-bond donors (Lipinski definition) is 1. The van der Waals surface area contributed by atoms with Crippen LogP contribution in [0.5, 0.6) is 0 Å². The highest BCUT2D eigenvalue weighted by atomic mass is 32.1. The summed E-state index contributed by atoms with van der Waals surface area (Å²) >= 11 is 5.57. The molecule has 2 aromatic carbocycles. The largest absolute Gasteiger partial charge is 0.332 e. The van der Waals surface area contributed by atoms with E-state index in [1.165, 1.54) is 5.56 Å². The summed E-state index contributed by atoms with van der Waals surface area (Å²) in [4.78, 5) is 6.78. The van der Waals surface area contributed by atoms with Crippen molar-refractivity contribution in [3.8, 4) is 0 Å². The van der Waals surface area contributed by atoms with Gasteiger partial charge in [0.25, 0.3) is 0 Å². The predicted molar refractivity (Wildman–Crippen MR) is 94.5 cm³/mol. The van der Waals surface area contributed by atoms with Gasteiger partial charge in [-0.25, -0.2) is 4.98 Å². The van der Waals surface area contributed by atoms with E-state index in [9.17, 15) is 0 Å². The van der Waals surface area contributed by atoms with Gasteiger partial charge in [0.1, 0.15) is 0 Å². The lowest BCUT2D eigenvalue weighted by molar-refractivity contribution is 0.829. The number of para-hydroxylation sites is 2. The van der Waals surface area contributed by atoms with Gasteiger partial charge in [-0.1, -0.05) is 29.8 Å². The molecule has 0 unspecified atom stereocenters. The normalized spacial score (nSPS) is 13.4. The molecule has 2 heterocycles. The van der Waals surface area contributed by atoms with Crippen molar-refractivity contribution in [2.45, 2.75) is 13.5 Å². The van der Waals surface area contributed by atoms with Crippen LogP contribution in [-0.4, -0.2) is 21.2 Å². The Hall–Kier alpha value is -2.40. The van der Waals surface area contributed by atoms with Gasteiger partial charge in [-0.05, 0) is 43.4 Å². The number of benzene rings is 2. The summed E-state index contributed by atoms with van der Waals surface area (Å²) in [6.45, 7) is 3.83. The molecule has 0 bridgehead atoms. The van der Waals surface area contributed by atoms with E-state index in [0.29, 0.717) is 5.11 Å². The highest BCUT2D eigenvalue weighted by molar-refractivity contribution is 7.80. The van der Waals surface area contributed by atoms with Gasteiger partial charge in [0.15, 0.2) is 5.11 Å². The molecule has 22 heavy (non-hydrogen) atoms. The Morgan fingerprint density at radius 3 is 2.68 bits per heavy atom. The van der Waals surface area contributed by atoms with Crippen LogP contribution in [-0.2, 0) is 6.54 Å². The lowest BCUT2D eigenvalue weighted by Crippen LogP contribution is -2.33. The van der Waals surface area contributed by atoms with Gasteiger partial charge in [0.05, 0.1) is 11.0 Å². The quantitative estimate of drug-likeness (QED) is 0.697. The Bertz CT molecular complexity index is 851. The molecule has 0 saturated heterocycles. The lowest BCUT2D eigenvalue weighted by atomic mass is 10.2. The third kappa shape index (κ3) is 2.14. The number of fused-ring (bicyclic) bond motifs is 3. The van der Waals surface area contributed by atoms with Crippen LogP contribution in [0.25, 0.3) is 11.0 Å². The molecule has 110 valence electrons. The third-order valence-electron chi connectivity index (χ3n) is 3.97. The topological polar surface area (TPSA) is 33.1 Å². The molecule has 4 nitrogen and oxygen atoms in total. The number of nitrogens with zero attached hydrogens (tertiary/aromatic N) is 3. The number of nitrogens with one attached hydrogen (secondary N) is 1. The van der Waals surface area contributed by atoms with Crippen molar-refractivity contribution in [2.75, 3.05) is 16.8 Å². The summed E-state index contributed by atoms with van der Waals surface area (Å²) in [5.74, 6) is 0.922. The zero-order valence-corrected chi connectivity index (χ0v) is 13.1. The molecule has 1 N–H and O–H groups in total. The first-order chi connectivity index (χ1) is 10.7. The molecule has 1 aromatic heterocycles. The minimum atomic E-state index is 0.693. The molecule has 5 heteroatoms. The zero-order valence-electron chi connectivity index (χ0n) is 12.3. The number of hydrogen-bond acceptors (Lipinski definition) is 2. The predicted octanol–water partition coefficient (Wildman–Crippen LogP) is 3.56. The number of anilines is 2. The van der Waals surface area contributed by atoms with Crippen LogP contribution in [0.3, 0.4) is 0 Å². The van der Waals surface area contributed by atoms with Gasteiger partial charge in [-0.2, -0.15) is 0 Å². The van der Waals surface area contributed by atoms with E-state index in [2.05, 4.69) is 39.9 Å². The molecule has 0 fully saturated rings. The summed E-state index contributed by atoms with van der Waals surface area (Å²) in [6, 6.07) is 16.4. The van der Waals surface area contributed by atoms with E-state index in [4.69, 9.17) is 17.2 Å².